The molecule has 0 radical (unpaired) electrons. The van der Waals surface area contributed by atoms with Gasteiger partial charge < -0.3 is 9.64 Å². The molecule has 0 spiro atoms. The van der Waals surface area contributed by atoms with Gasteiger partial charge in [0.25, 0.3) is 5.91 Å². The van der Waals surface area contributed by atoms with Gasteiger partial charge in [0.05, 0.1) is 19.2 Å². The van der Waals surface area contributed by atoms with Gasteiger partial charge in [0.15, 0.2) is 0 Å². The summed E-state index contributed by atoms with van der Waals surface area (Å²) < 4.78 is 5.98. The fraction of sp³-hybridized carbons (Fsp3) is 0.111. The lowest BCUT2D eigenvalue weighted by molar-refractivity contribution is 0.0985. The highest BCUT2D eigenvalue weighted by Crippen LogP contribution is 2.25. The minimum absolute atomic E-state index is 0.0950. The lowest BCUT2D eigenvalue weighted by Gasteiger charge is -2.22. The van der Waals surface area contributed by atoms with Crippen LogP contribution in [0.1, 0.15) is 15.2 Å². The number of hydrogen-bond acceptors (Lipinski definition) is 4. The summed E-state index contributed by atoms with van der Waals surface area (Å²) in [6, 6.07) is 13.3. The van der Waals surface area contributed by atoms with Crippen molar-refractivity contribution in [3.05, 3.63) is 75.2 Å². The van der Waals surface area contributed by atoms with Crippen LogP contribution in [0.2, 0.25) is 0 Å². The SMILES string of the molecule is COc1ccc(N(Cc2cccs2)C(=O)c2cncc(Br)c2)cc1. The van der Waals surface area contributed by atoms with Crippen LogP contribution in [-0.4, -0.2) is 18.0 Å². The summed E-state index contributed by atoms with van der Waals surface area (Å²) in [5, 5.41) is 2.01. The van der Waals surface area contributed by atoms with Crippen molar-refractivity contribution in [2.24, 2.45) is 0 Å². The van der Waals surface area contributed by atoms with E-state index in [4.69, 9.17) is 4.74 Å². The van der Waals surface area contributed by atoms with Gasteiger partial charge >= 0.3 is 0 Å². The standard InChI is InChI=1S/C18H15BrN2O2S/c1-23-16-6-4-15(5-7-16)21(12-17-3-2-8-24-17)18(22)13-9-14(19)11-20-10-13/h2-11H,12H2,1H3. The van der Waals surface area contributed by atoms with Gasteiger partial charge in [-0.1, -0.05) is 6.07 Å². The molecule has 2 aromatic heterocycles. The molecule has 1 amide bonds. The molecule has 3 rings (SSSR count). The van der Waals surface area contributed by atoms with Gasteiger partial charge in [-0.2, -0.15) is 0 Å². The summed E-state index contributed by atoms with van der Waals surface area (Å²) in [6.45, 7) is 0.509. The molecule has 0 atom stereocenters. The largest absolute Gasteiger partial charge is 0.497 e. The predicted molar refractivity (Wildman–Crippen MR) is 99.8 cm³/mol. The number of anilines is 1. The van der Waals surface area contributed by atoms with Crippen molar-refractivity contribution in [2.75, 3.05) is 12.0 Å². The van der Waals surface area contributed by atoms with E-state index in [-0.39, 0.29) is 5.91 Å². The maximum atomic E-state index is 13.0. The number of nitrogens with zero attached hydrogens (tertiary/aromatic N) is 2. The minimum atomic E-state index is -0.0950. The number of aromatic nitrogens is 1. The number of methoxy groups -OCH3 is 1. The van der Waals surface area contributed by atoms with Gasteiger partial charge in [-0.05, 0) is 57.7 Å². The van der Waals surface area contributed by atoms with Crippen molar-refractivity contribution in [3.63, 3.8) is 0 Å². The molecule has 2 heterocycles. The summed E-state index contributed by atoms with van der Waals surface area (Å²) in [5.41, 5.74) is 1.35. The van der Waals surface area contributed by atoms with E-state index in [1.807, 2.05) is 41.8 Å². The summed E-state index contributed by atoms with van der Waals surface area (Å²) in [7, 11) is 1.62. The maximum Gasteiger partial charge on any atom is 0.260 e. The van der Waals surface area contributed by atoms with Gasteiger partial charge in [-0.15, -0.1) is 11.3 Å². The van der Waals surface area contributed by atoms with Crippen molar-refractivity contribution >= 4 is 38.9 Å². The Kier molecular flexibility index (Phi) is 5.27. The van der Waals surface area contributed by atoms with Crippen LogP contribution in [0.5, 0.6) is 5.75 Å². The van der Waals surface area contributed by atoms with Crippen molar-refractivity contribution in [3.8, 4) is 5.75 Å². The summed E-state index contributed by atoms with van der Waals surface area (Å²) in [6.07, 6.45) is 3.24. The van der Waals surface area contributed by atoms with Crippen LogP contribution < -0.4 is 9.64 Å². The van der Waals surface area contributed by atoms with Crippen LogP contribution in [0.4, 0.5) is 5.69 Å². The molecule has 122 valence electrons. The second kappa shape index (κ2) is 7.59. The summed E-state index contributed by atoms with van der Waals surface area (Å²) in [4.78, 5) is 20.0. The average Bonchev–Trinajstić information content (AvgIpc) is 3.12. The molecule has 0 N–H and O–H groups in total. The number of carbonyl (C=O) groups is 1. The highest BCUT2D eigenvalue weighted by molar-refractivity contribution is 9.10. The highest BCUT2D eigenvalue weighted by Gasteiger charge is 2.19. The Hall–Kier alpha value is -2.18. The zero-order chi connectivity index (χ0) is 16.9. The summed E-state index contributed by atoms with van der Waals surface area (Å²) >= 11 is 4.99. The molecule has 1 aromatic carbocycles. The molecule has 0 aliphatic rings. The van der Waals surface area contributed by atoms with Crippen molar-refractivity contribution in [1.29, 1.82) is 0 Å². The Balaban J connectivity index is 1.95. The maximum absolute atomic E-state index is 13.0. The van der Waals surface area contributed by atoms with E-state index in [2.05, 4.69) is 20.9 Å². The van der Waals surface area contributed by atoms with Crippen LogP contribution in [0.15, 0.2) is 64.7 Å². The molecule has 0 aliphatic heterocycles. The fourth-order valence-electron chi connectivity index (χ4n) is 2.29. The van der Waals surface area contributed by atoms with Crippen molar-refractivity contribution < 1.29 is 9.53 Å². The second-order valence-electron chi connectivity index (χ2n) is 5.06. The Labute approximate surface area is 152 Å². The quantitative estimate of drug-likeness (QED) is 0.617. The molecular formula is C18H15BrN2O2S. The minimum Gasteiger partial charge on any atom is -0.497 e. The first-order valence-electron chi connectivity index (χ1n) is 7.26. The van der Waals surface area contributed by atoms with Crippen LogP contribution in [-0.2, 0) is 6.54 Å². The van der Waals surface area contributed by atoms with Crippen molar-refractivity contribution in [2.45, 2.75) is 6.54 Å². The Morgan fingerprint density at radius 3 is 2.67 bits per heavy atom. The number of amides is 1. The average molecular weight is 403 g/mol. The molecule has 0 fully saturated rings. The van der Waals surface area contributed by atoms with Crippen LogP contribution in [0.3, 0.4) is 0 Å². The van der Waals surface area contributed by atoms with Gasteiger partial charge in [0.1, 0.15) is 5.75 Å². The number of pyridine rings is 1. The van der Waals surface area contributed by atoms with Crippen molar-refractivity contribution in [1.82, 2.24) is 4.98 Å². The molecule has 0 saturated heterocycles. The lowest BCUT2D eigenvalue weighted by atomic mass is 10.2. The molecule has 0 bridgehead atoms. The predicted octanol–water partition coefficient (Wildman–Crippen LogP) is 4.76. The third kappa shape index (κ3) is 3.83. The molecule has 0 aliphatic carbocycles. The molecule has 3 aromatic rings. The molecule has 4 nitrogen and oxygen atoms in total. The first-order valence-corrected chi connectivity index (χ1v) is 8.93. The summed E-state index contributed by atoms with van der Waals surface area (Å²) in [5.74, 6) is 0.661. The monoisotopic (exact) mass is 402 g/mol. The normalized spacial score (nSPS) is 10.4. The zero-order valence-electron chi connectivity index (χ0n) is 13.0. The number of benzene rings is 1. The molecule has 6 heteroatoms. The fourth-order valence-corrected chi connectivity index (χ4v) is 3.34. The first-order chi connectivity index (χ1) is 11.7. The molecule has 24 heavy (non-hydrogen) atoms. The Bertz CT molecular complexity index is 819. The van der Waals surface area contributed by atoms with E-state index in [0.29, 0.717) is 12.1 Å². The molecule has 0 unspecified atom stereocenters. The van der Waals surface area contributed by atoms with Gasteiger partial charge in [-0.3, -0.25) is 9.78 Å². The number of hydrogen-bond donors (Lipinski definition) is 0. The Morgan fingerprint density at radius 2 is 2.04 bits per heavy atom. The van der Waals surface area contributed by atoms with E-state index in [9.17, 15) is 4.79 Å². The van der Waals surface area contributed by atoms with E-state index >= 15 is 0 Å². The number of ether oxygens (including phenoxy) is 1. The number of rotatable bonds is 5. The van der Waals surface area contributed by atoms with E-state index in [1.165, 1.54) is 0 Å². The Morgan fingerprint density at radius 1 is 1.25 bits per heavy atom. The van der Waals surface area contributed by atoms with Crippen LogP contribution >= 0.6 is 27.3 Å². The molecule has 0 saturated carbocycles. The lowest BCUT2D eigenvalue weighted by Crippen LogP contribution is -2.30. The second-order valence-corrected chi connectivity index (χ2v) is 7.01. The zero-order valence-corrected chi connectivity index (χ0v) is 15.4. The van der Waals surface area contributed by atoms with Gasteiger partial charge in [0, 0.05) is 27.4 Å². The van der Waals surface area contributed by atoms with Crippen LogP contribution in [0, 0.1) is 0 Å². The van der Waals surface area contributed by atoms with Gasteiger partial charge in [0.2, 0.25) is 0 Å². The van der Waals surface area contributed by atoms with E-state index in [1.54, 1.807) is 41.8 Å². The van der Waals surface area contributed by atoms with Gasteiger partial charge in [-0.25, -0.2) is 0 Å². The van der Waals surface area contributed by atoms with E-state index < -0.39 is 0 Å². The van der Waals surface area contributed by atoms with Crippen LogP contribution in [0.25, 0.3) is 0 Å². The third-order valence-corrected chi connectivity index (χ3v) is 4.77. The number of carbonyl (C=O) groups excluding carboxylic acids is 1. The molecular weight excluding hydrogens is 388 g/mol. The van der Waals surface area contributed by atoms with E-state index in [0.717, 1.165) is 20.8 Å². The topological polar surface area (TPSA) is 42.4 Å². The number of halogens is 1. The first kappa shape index (κ1) is 16.7. The third-order valence-electron chi connectivity index (χ3n) is 3.48. The highest BCUT2D eigenvalue weighted by atomic mass is 79.9. The number of thiophene rings is 1. The smallest absolute Gasteiger partial charge is 0.260 e.